The van der Waals surface area contributed by atoms with Gasteiger partial charge in [0.1, 0.15) is 0 Å². The first-order valence-electron chi connectivity index (χ1n) is 10.5. The van der Waals surface area contributed by atoms with Crippen LogP contribution < -0.4 is 0 Å². The Hall–Kier alpha value is -0.610. The molecule has 0 spiro atoms. The first-order chi connectivity index (χ1) is 11.9. The van der Waals surface area contributed by atoms with E-state index in [9.17, 15) is 0 Å². The molecule has 0 aliphatic heterocycles. The van der Waals surface area contributed by atoms with Crippen molar-refractivity contribution in [2.45, 2.75) is 104 Å². The zero-order valence-electron chi connectivity index (χ0n) is 18.2. The lowest BCUT2D eigenvalue weighted by molar-refractivity contribution is 0.960. The van der Waals surface area contributed by atoms with Crippen molar-refractivity contribution < 1.29 is 0 Å². The fourth-order valence-electron chi connectivity index (χ4n) is 4.15. The molecule has 0 radical (unpaired) electrons. The Morgan fingerprint density at radius 3 is 0.840 bits per heavy atom. The molecule has 144 valence electrons. The first-order valence-corrected chi connectivity index (χ1v) is 12.5. The van der Waals surface area contributed by atoms with Crippen LogP contribution in [-0.4, -0.2) is 22.6 Å². The molecule has 0 aromatic carbocycles. The van der Waals surface area contributed by atoms with Crippen LogP contribution in [0.3, 0.4) is 0 Å². The topological polar surface area (TPSA) is 0 Å². The maximum Gasteiger partial charge on any atom is 0.0865 e. The van der Waals surface area contributed by atoms with Crippen molar-refractivity contribution in [1.29, 1.82) is 0 Å². The Labute approximate surface area is 159 Å². The predicted molar refractivity (Wildman–Crippen MR) is 122 cm³/mol. The predicted octanol–water partition coefficient (Wildman–Crippen LogP) is 8.42. The van der Waals surface area contributed by atoms with Crippen LogP contribution in [0.1, 0.15) is 81.1 Å². The molecule has 0 aliphatic rings. The van der Waals surface area contributed by atoms with Gasteiger partial charge in [-0.3, -0.25) is 0 Å². The SMILES string of the molecule is CC/C=C/C(C)[P+](C(C)/C=C/CC)(C(C)/C=C/CC)C(C)/C=C/CC. The minimum atomic E-state index is -1.33. The highest BCUT2D eigenvalue weighted by Gasteiger charge is 2.53. The van der Waals surface area contributed by atoms with E-state index < -0.39 is 7.26 Å². The van der Waals surface area contributed by atoms with Crippen molar-refractivity contribution in [3.05, 3.63) is 48.6 Å². The molecule has 0 nitrogen and oxygen atoms in total. The summed E-state index contributed by atoms with van der Waals surface area (Å²) in [6.07, 6.45) is 24.1. The molecular weight excluding hydrogens is 319 g/mol. The lowest BCUT2D eigenvalue weighted by Crippen LogP contribution is -2.32. The van der Waals surface area contributed by atoms with Crippen LogP contribution in [0.5, 0.6) is 0 Å². The Balaban J connectivity index is 6.26. The lowest BCUT2D eigenvalue weighted by Gasteiger charge is -2.42. The van der Waals surface area contributed by atoms with Crippen LogP contribution in [0.25, 0.3) is 0 Å². The van der Waals surface area contributed by atoms with E-state index in [1.807, 2.05) is 0 Å². The van der Waals surface area contributed by atoms with E-state index in [0.29, 0.717) is 22.6 Å². The lowest BCUT2D eigenvalue weighted by atomic mass is 10.3. The van der Waals surface area contributed by atoms with Gasteiger partial charge in [-0.1, -0.05) is 52.0 Å². The highest BCUT2D eigenvalue weighted by molar-refractivity contribution is 7.79. The summed E-state index contributed by atoms with van der Waals surface area (Å²) in [6.45, 7) is 18.9. The summed E-state index contributed by atoms with van der Waals surface area (Å²) in [5, 5.41) is 0. The molecule has 0 bridgehead atoms. The standard InChI is InChI=1S/C24H44P/c1-9-13-17-21(5)25(22(6)18-14-10-2,23(7)19-15-11-3)24(8)20-16-12-4/h13-24H,9-12H2,1-8H3/q+1/b17-13+,18-14+,19-15+,20-16+. The van der Waals surface area contributed by atoms with Crippen LogP contribution in [0.2, 0.25) is 0 Å². The molecule has 1 heteroatoms. The van der Waals surface area contributed by atoms with Gasteiger partial charge in [-0.2, -0.15) is 0 Å². The first kappa shape index (κ1) is 24.4. The normalized spacial score (nSPS) is 20.5. The van der Waals surface area contributed by atoms with Crippen molar-refractivity contribution in [2.24, 2.45) is 0 Å². The Bertz CT molecular complexity index is 356. The monoisotopic (exact) mass is 363 g/mol. The molecule has 0 saturated heterocycles. The van der Waals surface area contributed by atoms with Crippen molar-refractivity contribution in [3.63, 3.8) is 0 Å². The third-order valence-corrected chi connectivity index (χ3v) is 11.8. The molecule has 0 aromatic heterocycles. The second-order valence-corrected chi connectivity index (χ2v) is 12.2. The molecule has 0 fully saturated rings. The quantitative estimate of drug-likeness (QED) is 0.241. The minimum Gasteiger partial charge on any atom is -0.0850 e. The van der Waals surface area contributed by atoms with E-state index in [1.54, 1.807) is 0 Å². The smallest absolute Gasteiger partial charge is 0.0850 e. The summed E-state index contributed by atoms with van der Waals surface area (Å²) in [7, 11) is -1.33. The summed E-state index contributed by atoms with van der Waals surface area (Å²) in [5.74, 6) is 0. The van der Waals surface area contributed by atoms with Gasteiger partial charge in [0.15, 0.2) is 0 Å². The van der Waals surface area contributed by atoms with Gasteiger partial charge >= 0.3 is 0 Å². The van der Waals surface area contributed by atoms with Gasteiger partial charge in [-0.15, -0.1) is 0 Å². The van der Waals surface area contributed by atoms with E-state index in [-0.39, 0.29) is 0 Å². The molecular formula is C24H44P+. The van der Waals surface area contributed by atoms with Gasteiger partial charge in [0, 0.05) is 7.26 Å². The van der Waals surface area contributed by atoms with Crippen LogP contribution in [0, 0.1) is 0 Å². The zero-order valence-corrected chi connectivity index (χ0v) is 19.1. The van der Waals surface area contributed by atoms with Crippen molar-refractivity contribution >= 4 is 7.26 Å². The third-order valence-electron chi connectivity index (χ3n) is 5.42. The highest BCUT2D eigenvalue weighted by atomic mass is 31.2. The maximum absolute atomic E-state index is 2.51. The molecule has 4 unspecified atom stereocenters. The molecule has 0 N–H and O–H groups in total. The molecule has 0 aliphatic carbocycles. The van der Waals surface area contributed by atoms with Crippen LogP contribution >= 0.6 is 7.26 Å². The number of rotatable bonds is 12. The fourth-order valence-corrected chi connectivity index (χ4v) is 10.3. The summed E-state index contributed by atoms with van der Waals surface area (Å²) in [6, 6.07) is 0. The van der Waals surface area contributed by atoms with Crippen molar-refractivity contribution in [1.82, 2.24) is 0 Å². The Morgan fingerprint density at radius 2 is 0.680 bits per heavy atom. The van der Waals surface area contributed by atoms with Gasteiger partial charge in [0.05, 0.1) is 22.6 Å². The molecule has 0 amide bonds. The average molecular weight is 364 g/mol. The Kier molecular flexibility index (Phi) is 13.2. The minimum absolute atomic E-state index is 0.636. The molecule has 0 heterocycles. The van der Waals surface area contributed by atoms with Gasteiger partial charge in [-0.05, 0) is 77.7 Å². The van der Waals surface area contributed by atoms with Crippen LogP contribution in [0.15, 0.2) is 48.6 Å². The van der Waals surface area contributed by atoms with Gasteiger partial charge < -0.3 is 0 Å². The summed E-state index contributed by atoms with van der Waals surface area (Å²) >= 11 is 0. The van der Waals surface area contributed by atoms with Gasteiger partial charge in [0.2, 0.25) is 0 Å². The van der Waals surface area contributed by atoms with Crippen molar-refractivity contribution in [3.8, 4) is 0 Å². The second kappa shape index (κ2) is 13.6. The summed E-state index contributed by atoms with van der Waals surface area (Å²) in [4.78, 5) is 0. The van der Waals surface area contributed by atoms with Crippen LogP contribution in [0.4, 0.5) is 0 Å². The molecule has 25 heavy (non-hydrogen) atoms. The zero-order chi connectivity index (χ0) is 19.3. The van der Waals surface area contributed by atoms with E-state index in [1.165, 1.54) is 0 Å². The molecule has 0 rings (SSSR count). The van der Waals surface area contributed by atoms with E-state index in [0.717, 1.165) is 25.7 Å². The van der Waals surface area contributed by atoms with E-state index in [4.69, 9.17) is 0 Å². The van der Waals surface area contributed by atoms with Crippen molar-refractivity contribution in [2.75, 3.05) is 0 Å². The summed E-state index contributed by atoms with van der Waals surface area (Å²) in [5.41, 5.74) is 2.54. The van der Waals surface area contributed by atoms with Gasteiger partial charge in [-0.25, -0.2) is 0 Å². The highest BCUT2D eigenvalue weighted by Crippen LogP contribution is 2.75. The Morgan fingerprint density at radius 1 is 0.480 bits per heavy atom. The second-order valence-electron chi connectivity index (χ2n) is 7.20. The fraction of sp³-hybridized carbons (Fsp3) is 0.667. The molecule has 0 saturated carbocycles. The number of allylic oxidation sites excluding steroid dienone is 8. The summed E-state index contributed by atoms with van der Waals surface area (Å²) < 4.78 is 0. The van der Waals surface area contributed by atoms with E-state index >= 15 is 0 Å². The largest absolute Gasteiger partial charge is 0.0865 e. The average Bonchev–Trinajstić information content (AvgIpc) is 2.61. The van der Waals surface area contributed by atoms with E-state index in [2.05, 4.69) is 104 Å². The third kappa shape index (κ3) is 6.90. The maximum atomic E-state index is 2.51. The van der Waals surface area contributed by atoms with Crippen LogP contribution in [-0.2, 0) is 0 Å². The number of hydrogen-bond acceptors (Lipinski definition) is 0. The number of hydrogen-bond donors (Lipinski definition) is 0. The van der Waals surface area contributed by atoms with Gasteiger partial charge in [0.25, 0.3) is 0 Å². The molecule has 4 atom stereocenters. The molecule has 0 aromatic rings.